The van der Waals surface area contributed by atoms with E-state index in [1.165, 1.54) is 16.9 Å². The second-order valence-electron chi connectivity index (χ2n) is 6.54. The van der Waals surface area contributed by atoms with Gasteiger partial charge in [0.15, 0.2) is 0 Å². The summed E-state index contributed by atoms with van der Waals surface area (Å²) in [5.41, 5.74) is 2.32. The average Bonchev–Trinajstić information content (AvgIpc) is 3.37. The molecule has 0 saturated heterocycles. The van der Waals surface area contributed by atoms with Crippen molar-refractivity contribution in [3.8, 4) is 5.75 Å². The molecule has 0 aliphatic carbocycles. The standard InChI is InChI=1S/C22H26N2O2S/c1-3-4-12-24(22(25)21-11-7-14-27-21)17-19-9-6-13-23(19)16-18-8-5-10-20(15-18)26-2/h5-11,13-15H,3-4,12,16-17H2,1-2H3. The van der Waals surface area contributed by atoms with Crippen LogP contribution in [0.1, 0.15) is 40.7 Å². The minimum Gasteiger partial charge on any atom is -0.497 e. The zero-order valence-electron chi connectivity index (χ0n) is 15.9. The maximum Gasteiger partial charge on any atom is 0.264 e. The third-order valence-corrected chi connectivity index (χ3v) is 5.42. The molecule has 0 fully saturated rings. The number of thiophene rings is 1. The highest BCUT2D eigenvalue weighted by Gasteiger charge is 2.18. The first-order chi connectivity index (χ1) is 13.2. The summed E-state index contributed by atoms with van der Waals surface area (Å²) < 4.78 is 7.53. The molecule has 2 heterocycles. The van der Waals surface area contributed by atoms with Crippen LogP contribution in [-0.4, -0.2) is 29.0 Å². The Labute approximate surface area is 165 Å². The SMILES string of the molecule is CCCCN(Cc1cccn1Cc1cccc(OC)c1)C(=O)c1cccs1. The third kappa shape index (κ3) is 5.01. The molecule has 3 rings (SSSR count). The summed E-state index contributed by atoms with van der Waals surface area (Å²) in [6.07, 6.45) is 4.15. The van der Waals surface area contributed by atoms with Gasteiger partial charge in [0.2, 0.25) is 0 Å². The van der Waals surface area contributed by atoms with Crippen LogP contribution >= 0.6 is 11.3 Å². The predicted octanol–water partition coefficient (Wildman–Crippen LogP) is 5.05. The molecule has 27 heavy (non-hydrogen) atoms. The molecule has 5 heteroatoms. The monoisotopic (exact) mass is 382 g/mol. The van der Waals surface area contributed by atoms with Crippen molar-refractivity contribution in [1.29, 1.82) is 0 Å². The lowest BCUT2D eigenvalue weighted by Gasteiger charge is -2.23. The molecule has 0 atom stereocenters. The summed E-state index contributed by atoms with van der Waals surface area (Å²) in [7, 11) is 1.68. The lowest BCUT2D eigenvalue weighted by molar-refractivity contribution is 0.0742. The van der Waals surface area contributed by atoms with Crippen molar-refractivity contribution in [2.45, 2.75) is 32.9 Å². The molecule has 0 unspecified atom stereocenters. The molecule has 0 saturated carbocycles. The molecule has 2 aromatic heterocycles. The Kier molecular flexibility index (Phi) is 6.71. The van der Waals surface area contributed by atoms with E-state index in [2.05, 4.69) is 35.9 Å². The van der Waals surface area contributed by atoms with Crippen molar-refractivity contribution in [2.24, 2.45) is 0 Å². The molecule has 1 amide bonds. The normalized spacial score (nSPS) is 10.7. The highest BCUT2D eigenvalue weighted by Crippen LogP contribution is 2.18. The van der Waals surface area contributed by atoms with E-state index in [-0.39, 0.29) is 5.91 Å². The molecule has 0 aliphatic rings. The van der Waals surface area contributed by atoms with Crippen molar-refractivity contribution in [1.82, 2.24) is 9.47 Å². The van der Waals surface area contributed by atoms with Crippen LogP contribution in [0.3, 0.4) is 0 Å². The number of hydrogen-bond donors (Lipinski definition) is 0. The highest BCUT2D eigenvalue weighted by molar-refractivity contribution is 7.12. The minimum absolute atomic E-state index is 0.118. The Morgan fingerprint density at radius 2 is 2.07 bits per heavy atom. The van der Waals surface area contributed by atoms with Gasteiger partial charge in [-0.3, -0.25) is 4.79 Å². The number of methoxy groups -OCH3 is 1. The number of amides is 1. The predicted molar refractivity (Wildman–Crippen MR) is 110 cm³/mol. The number of carbonyl (C=O) groups excluding carboxylic acids is 1. The molecule has 142 valence electrons. The lowest BCUT2D eigenvalue weighted by atomic mass is 10.2. The van der Waals surface area contributed by atoms with E-state index >= 15 is 0 Å². The molecule has 0 aliphatic heterocycles. The Morgan fingerprint density at radius 3 is 2.81 bits per heavy atom. The van der Waals surface area contributed by atoms with Gasteiger partial charge in [0.1, 0.15) is 5.75 Å². The summed E-state index contributed by atoms with van der Waals surface area (Å²) in [4.78, 5) is 15.7. The van der Waals surface area contributed by atoms with Crippen LogP contribution in [0.25, 0.3) is 0 Å². The second-order valence-corrected chi connectivity index (χ2v) is 7.48. The number of rotatable bonds is 9. The van der Waals surface area contributed by atoms with Crippen LogP contribution in [0, 0.1) is 0 Å². The van der Waals surface area contributed by atoms with E-state index in [0.717, 1.165) is 42.3 Å². The zero-order valence-corrected chi connectivity index (χ0v) is 16.7. The number of carbonyl (C=O) groups is 1. The van der Waals surface area contributed by atoms with E-state index in [4.69, 9.17) is 4.74 Å². The molecular formula is C22H26N2O2S. The molecule has 0 radical (unpaired) electrons. The summed E-state index contributed by atoms with van der Waals surface area (Å²) in [6.45, 7) is 4.30. The smallest absolute Gasteiger partial charge is 0.264 e. The van der Waals surface area contributed by atoms with E-state index in [1.54, 1.807) is 7.11 Å². The summed E-state index contributed by atoms with van der Waals surface area (Å²) in [6, 6.07) is 16.1. The quantitative estimate of drug-likeness (QED) is 0.519. The first-order valence-corrected chi connectivity index (χ1v) is 10.2. The van der Waals surface area contributed by atoms with Gasteiger partial charge in [-0.25, -0.2) is 0 Å². The molecular weight excluding hydrogens is 356 g/mol. The fraction of sp³-hybridized carbons (Fsp3) is 0.318. The van der Waals surface area contributed by atoms with E-state index in [9.17, 15) is 4.79 Å². The van der Waals surface area contributed by atoms with Gasteiger partial charge >= 0.3 is 0 Å². The van der Waals surface area contributed by atoms with Crippen LogP contribution in [0.5, 0.6) is 5.75 Å². The van der Waals surface area contributed by atoms with Crippen molar-refractivity contribution in [2.75, 3.05) is 13.7 Å². The zero-order chi connectivity index (χ0) is 19.1. The van der Waals surface area contributed by atoms with Crippen molar-refractivity contribution in [3.63, 3.8) is 0 Å². The van der Waals surface area contributed by atoms with Gasteiger partial charge in [-0.05, 0) is 47.7 Å². The van der Waals surface area contributed by atoms with E-state index < -0.39 is 0 Å². The number of nitrogens with zero attached hydrogens (tertiary/aromatic N) is 2. The maximum absolute atomic E-state index is 12.9. The fourth-order valence-corrected chi connectivity index (χ4v) is 3.76. The molecule has 3 aromatic rings. The van der Waals surface area contributed by atoms with Crippen molar-refractivity contribution < 1.29 is 9.53 Å². The van der Waals surface area contributed by atoms with Crippen molar-refractivity contribution >= 4 is 17.2 Å². The Hall–Kier alpha value is -2.53. The fourth-order valence-electron chi connectivity index (χ4n) is 3.07. The van der Waals surface area contributed by atoms with Crippen LogP contribution in [0.15, 0.2) is 60.1 Å². The largest absolute Gasteiger partial charge is 0.497 e. The van der Waals surface area contributed by atoms with Gasteiger partial charge in [0.25, 0.3) is 5.91 Å². The first-order valence-electron chi connectivity index (χ1n) is 9.31. The van der Waals surface area contributed by atoms with Crippen LogP contribution in [-0.2, 0) is 13.1 Å². The molecule has 0 bridgehead atoms. The van der Waals surface area contributed by atoms with E-state index in [0.29, 0.717) is 6.54 Å². The third-order valence-electron chi connectivity index (χ3n) is 4.56. The second kappa shape index (κ2) is 9.42. The van der Waals surface area contributed by atoms with Crippen LogP contribution in [0.2, 0.25) is 0 Å². The number of hydrogen-bond acceptors (Lipinski definition) is 3. The average molecular weight is 383 g/mol. The van der Waals surface area contributed by atoms with Crippen LogP contribution in [0.4, 0.5) is 0 Å². The number of unbranched alkanes of at least 4 members (excludes halogenated alkanes) is 1. The highest BCUT2D eigenvalue weighted by atomic mass is 32.1. The summed E-state index contributed by atoms with van der Waals surface area (Å²) in [5.74, 6) is 0.978. The Balaban J connectivity index is 1.76. The Bertz CT molecular complexity index is 855. The Morgan fingerprint density at radius 1 is 1.19 bits per heavy atom. The minimum atomic E-state index is 0.118. The lowest BCUT2D eigenvalue weighted by Crippen LogP contribution is -2.31. The van der Waals surface area contributed by atoms with Crippen LogP contribution < -0.4 is 4.74 Å². The van der Waals surface area contributed by atoms with Gasteiger partial charge in [-0.15, -0.1) is 11.3 Å². The van der Waals surface area contributed by atoms with Gasteiger partial charge in [-0.2, -0.15) is 0 Å². The van der Waals surface area contributed by atoms with Gasteiger partial charge in [-0.1, -0.05) is 31.5 Å². The van der Waals surface area contributed by atoms with Gasteiger partial charge in [0, 0.05) is 25.0 Å². The van der Waals surface area contributed by atoms with Gasteiger partial charge < -0.3 is 14.2 Å². The molecule has 1 aromatic carbocycles. The molecule has 0 N–H and O–H groups in total. The maximum atomic E-state index is 12.9. The molecule has 0 spiro atoms. The van der Waals surface area contributed by atoms with E-state index in [1.807, 2.05) is 40.6 Å². The molecule has 4 nitrogen and oxygen atoms in total. The summed E-state index contributed by atoms with van der Waals surface area (Å²) in [5, 5.41) is 1.96. The topological polar surface area (TPSA) is 34.5 Å². The summed E-state index contributed by atoms with van der Waals surface area (Å²) >= 11 is 1.50. The first kappa shape index (κ1) is 19.2. The van der Waals surface area contributed by atoms with Gasteiger partial charge in [0.05, 0.1) is 18.5 Å². The number of ether oxygens (including phenoxy) is 1. The number of benzene rings is 1. The number of aromatic nitrogens is 1. The van der Waals surface area contributed by atoms with Crippen molar-refractivity contribution in [3.05, 3.63) is 76.2 Å².